The molecule has 4 N–H and O–H groups in total. The van der Waals surface area contributed by atoms with Gasteiger partial charge in [-0.25, -0.2) is 9.38 Å². The first-order valence-corrected chi connectivity index (χ1v) is 7.13. The smallest absolute Gasteiger partial charge is 0.223 e. The van der Waals surface area contributed by atoms with Crippen LogP contribution in [-0.4, -0.2) is 29.9 Å². The lowest BCUT2D eigenvalue weighted by molar-refractivity contribution is 0.212. The zero-order valence-electron chi connectivity index (χ0n) is 12.5. The second kappa shape index (κ2) is 6.56. The van der Waals surface area contributed by atoms with Gasteiger partial charge in [-0.2, -0.15) is 4.99 Å². The number of nitrogens with zero attached hydrogens (tertiary/aromatic N) is 3. The van der Waals surface area contributed by atoms with Crippen LogP contribution >= 0.6 is 0 Å². The van der Waals surface area contributed by atoms with Gasteiger partial charge in [-0.05, 0) is 42.5 Å². The van der Waals surface area contributed by atoms with Gasteiger partial charge in [0.2, 0.25) is 5.96 Å². The van der Waals surface area contributed by atoms with E-state index in [-0.39, 0.29) is 11.8 Å². The van der Waals surface area contributed by atoms with E-state index in [0.29, 0.717) is 23.5 Å². The fourth-order valence-corrected chi connectivity index (χ4v) is 2.71. The fourth-order valence-electron chi connectivity index (χ4n) is 2.71. The van der Waals surface area contributed by atoms with E-state index in [1.165, 1.54) is 18.6 Å². The third-order valence-electron chi connectivity index (χ3n) is 3.49. The SMILES string of the molecule is CC1CC(C)CN(C(N)=NC(N)=Nc2ccc(F)cc2)C1. The predicted molar refractivity (Wildman–Crippen MR) is 83.8 cm³/mol. The summed E-state index contributed by atoms with van der Waals surface area (Å²) in [5, 5.41) is 0. The number of piperidine rings is 1. The van der Waals surface area contributed by atoms with E-state index < -0.39 is 0 Å². The molecule has 0 radical (unpaired) electrons. The number of guanidine groups is 2. The van der Waals surface area contributed by atoms with Crippen LogP contribution in [-0.2, 0) is 0 Å². The highest BCUT2D eigenvalue weighted by Gasteiger charge is 2.23. The zero-order chi connectivity index (χ0) is 15.4. The van der Waals surface area contributed by atoms with Gasteiger partial charge < -0.3 is 16.4 Å². The number of hydrogen-bond donors (Lipinski definition) is 2. The minimum Gasteiger partial charge on any atom is -0.369 e. The monoisotopic (exact) mass is 291 g/mol. The molecule has 0 aromatic heterocycles. The summed E-state index contributed by atoms with van der Waals surface area (Å²) in [7, 11) is 0. The van der Waals surface area contributed by atoms with Crippen molar-refractivity contribution in [2.75, 3.05) is 13.1 Å². The van der Waals surface area contributed by atoms with E-state index in [4.69, 9.17) is 11.5 Å². The molecule has 0 bridgehead atoms. The summed E-state index contributed by atoms with van der Waals surface area (Å²) in [6, 6.07) is 5.73. The summed E-state index contributed by atoms with van der Waals surface area (Å²) in [6.07, 6.45) is 1.20. The van der Waals surface area contributed by atoms with Crippen LogP contribution in [0.15, 0.2) is 34.3 Å². The second-order valence-electron chi connectivity index (χ2n) is 5.77. The lowest BCUT2D eigenvalue weighted by Crippen LogP contribution is -2.46. The Bertz CT molecular complexity index is 527. The number of likely N-dealkylation sites (tertiary alicyclic amines) is 1. The highest BCUT2D eigenvalue weighted by molar-refractivity contribution is 5.94. The average molecular weight is 291 g/mol. The summed E-state index contributed by atoms with van der Waals surface area (Å²) in [5.74, 6) is 1.31. The van der Waals surface area contributed by atoms with Crippen molar-refractivity contribution in [2.24, 2.45) is 33.3 Å². The average Bonchev–Trinajstić information content (AvgIpc) is 2.40. The largest absolute Gasteiger partial charge is 0.369 e. The predicted octanol–water partition coefficient (Wildman–Crippen LogP) is 2.06. The van der Waals surface area contributed by atoms with E-state index in [2.05, 4.69) is 23.8 Å². The van der Waals surface area contributed by atoms with Crippen molar-refractivity contribution in [1.29, 1.82) is 0 Å². The van der Waals surface area contributed by atoms with E-state index in [0.717, 1.165) is 13.1 Å². The van der Waals surface area contributed by atoms with Crippen molar-refractivity contribution < 1.29 is 4.39 Å². The normalized spacial score (nSPS) is 24.2. The molecule has 1 aliphatic heterocycles. The quantitative estimate of drug-likeness (QED) is 0.614. The molecule has 1 saturated heterocycles. The Hall–Kier alpha value is -2.11. The Labute approximate surface area is 124 Å². The molecule has 0 aliphatic carbocycles. The van der Waals surface area contributed by atoms with Gasteiger partial charge in [0.1, 0.15) is 5.82 Å². The van der Waals surface area contributed by atoms with Gasteiger partial charge in [-0.15, -0.1) is 0 Å². The summed E-state index contributed by atoms with van der Waals surface area (Å²) < 4.78 is 12.8. The van der Waals surface area contributed by atoms with Crippen LogP contribution < -0.4 is 11.5 Å². The van der Waals surface area contributed by atoms with Crippen molar-refractivity contribution in [2.45, 2.75) is 20.3 Å². The van der Waals surface area contributed by atoms with Gasteiger partial charge in [0.25, 0.3) is 0 Å². The molecule has 1 fully saturated rings. The molecule has 5 nitrogen and oxygen atoms in total. The zero-order valence-corrected chi connectivity index (χ0v) is 12.5. The first-order valence-electron chi connectivity index (χ1n) is 7.13. The van der Waals surface area contributed by atoms with Crippen LogP contribution in [0.1, 0.15) is 20.3 Å². The number of aliphatic imine (C=N–C) groups is 2. The van der Waals surface area contributed by atoms with Gasteiger partial charge in [0.15, 0.2) is 5.96 Å². The van der Waals surface area contributed by atoms with E-state index in [9.17, 15) is 4.39 Å². The van der Waals surface area contributed by atoms with Crippen molar-refractivity contribution >= 4 is 17.6 Å². The third-order valence-corrected chi connectivity index (χ3v) is 3.49. The standard InChI is InChI=1S/C15H22FN5/c1-10-7-11(2)9-21(8-10)15(18)20-14(17)19-13-5-3-12(16)4-6-13/h3-6,10-11H,7-9H2,1-2H3,(H4,17,18,19,20). The molecular formula is C15H22FN5. The van der Waals surface area contributed by atoms with Crippen molar-refractivity contribution in [3.05, 3.63) is 30.1 Å². The number of hydrogen-bond acceptors (Lipinski definition) is 1. The Balaban J connectivity index is 2.08. The highest BCUT2D eigenvalue weighted by Crippen LogP contribution is 2.20. The molecule has 21 heavy (non-hydrogen) atoms. The third kappa shape index (κ3) is 4.44. The molecule has 1 heterocycles. The maximum Gasteiger partial charge on any atom is 0.223 e. The molecular weight excluding hydrogens is 269 g/mol. The Morgan fingerprint density at radius 2 is 1.71 bits per heavy atom. The molecule has 2 atom stereocenters. The van der Waals surface area contributed by atoms with Crippen LogP contribution in [0.5, 0.6) is 0 Å². The lowest BCUT2D eigenvalue weighted by Gasteiger charge is -2.35. The second-order valence-corrected chi connectivity index (χ2v) is 5.77. The van der Waals surface area contributed by atoms with Crippen LogP contribution in [0.3, 0.4) is 0 Å². The molecule has 0 amide bonds. The van der Waals surface area contributed by atoms with E-state index in [1.54, 1.807) is 12.1 Å². The molecule has 2 unspecified atom stereocenters. The minimum absolute atomic E-state index is 0.0741. The number of halogens is 1. The minimum atomic E-state index is -0.313. The molecule has 1 aromatic rings. The molecule has 1 aliphatic rings. The van der Waals surface area contributed by atoms with Crippen LogP contribution in [0.4, 0.5) is 10.1 Å². The van der Waals surface area contributed by atoms with Gasteiger partial charge in [0.05, 0.1) is 5.69 Å². The molecule has 0 spiro atoms. The molecule has 114 valence electrons. The van der Waals surface area contributed by atoms with E-state index in [1.807, 2.05) is 4.90 Å². The first kappa shape index (κ1) is 15.3. The van der Waals surface area contributed by atoms with Crippen LogP contribution in [0.2, 0.25) is 0 Å². The Morgan fingerprint density at radius 3 is 2.29 bits per heavy atom. The van der Waals surface area contributed by atoms with Crippen molar-refractivity contribution in [3.63, 3.8) is 0 Å². The summed E-state index contributed by atoms with van der Waals surface area (Å²) in [4.78, 5) is 10.3. The van der Waals surface area contributed by atoms with Crippen molar-refractivity contribution in [1.82, 2.24) is 4.90 Å². The fraction of sp³-hybridized carbons (Fsp3) is 0.467. The van der Waals surface area contributed by atoms with Crippen LogP contribution in [0, 0.1) is 17.7 Å². The molecule has 2 rings (SSSR count). The maximum absolute atomic E-state index is 12.8. The topological polar surface area (TPSA) is 80.0 Å². The van der Waals surface area contributed by atoms with Gasteiger partial charge in [-0.1, -0.05) is 13.8 Å². The van der Waals surface area contributed by atoms with Crippen LogP contribution in [0.25, 0.3) is 0 Å². The van der Waals surface area contributed by atoms with Gasteiger partial charge in [-0.3, -0.25) is 0 Å². The first-order chi connectivity index (χ1) is 9.94. The number of rotatable bonds is 1. The van der Waals surface area contributed by atoms with E-state index >= 15 is 0 Å². The summed E-state index contributed by atoms with van der Waals surface area (Å²) >= 11 is 0. The molecule has 0 saturated carbocycles. The Morgan fingerprint density at radius 1 is 1.14 bits per heavy atom. The lowest BCUT2D eigenvalue weighted by atomic mass is 9.92. The highest BCUT2D eigenvalue weighted by atomic mass is 19.1. The number of benzene rings is 1. The van der Waals surface area contributed by atoms with Gasteiger partial charge in [0, 0.05) is 13.1 Å². The Kier molecular flexibility index (Phi) is 4.77. The summed E-state index contributed by atoms with van der Waals surface area (Å²) in [6.45, 7) is 6.16. The molecule has 1 aromatic carbocycles. The van der Waals surface area contributed by atoms with Crippen molar-refractivity contribution in [3.8, 4) is 0 Å². The number of nitrogens with two attached hydrogens (primary N) is 2. The summed E-state index contributed by atoms with van der Waals surface area (Å²) in [5.41, 5.74) is 12.3. The maximum atomic E-state index is 12.8. The van der Waals surface area contributed by atoms with Gasteiger partial charge >= 0.3 is 0 Å². The molecule has 6 heteroatoms.